The Kier molecular flexibility index (Phi) is 7.85. The average molecular weight is 682 g/mol. The molecular weight excluding hydrogens is 652 g/mol. The van der Waals surface area contributed by atoms with Crippen LogP contribution in [0, 0.1) is 0 Å². The van der Waals surface area contributed by atoms with Gasteiger partial charge < -0.3 is 14.6 Å². The quantitative estimate of drug-likeness (QED) is 0.202. The highest BCUT2D eigenvalue weighted by Crippen LogP contribution is 2.53. The topological polar surface area (TPSA) is 87.0 Å². The molecule has 3 aliphatic rings. The van der Waals surface area contributed by atoms with Crippen molar-refractivity contribution in [2.45, 2.75) is 24.3 Å². The first kappa shape index (κ1) is 29.2. The van der Waals surface area contributed by atoms with Gasteiger partial charge in [0.15, 0.2) is 16.7 Å². The van der Waals surface area contributed by atoms with Gasteiger partial charge in [0.2, 0.25) is 0 Å². The van der Waals surface area contributed by atoms with E-state index in [2.05, 4.69) is 38.0 Å². The Morgan fingerprint density at radius 1 is 0.956 bits per heavy atom. The van der Waals surface area contributed by atoms with Crippen LogP contribution in [0.15, 0.2) is 123 Å². The van der Waals surface area contributed by atoms with Crippen molar-refractivity contribution in [3.63, 3.8) is 0 Å². The number of ether oxygens (including phenoxy) is 2. The van der Waals surface area contributed by atoms with E-state index in [4.69, 9.17) is 19.6 Å². The Morgan fingerprint density at radius 3 is 2.33 bits per heavy atom. The molecule has 3 atom stereocenters. The van der Waals surface area contributed by atoms with Gasteiger partial charge in [-0.15, -0.1) is 0 Å². The Balaban J connectivity index is 1.45. The molecule has 3 unspecified atom stereocenters. The lowest BCUT2D eigenvalue weighted by Gasteiger charge is -2.35. The van der Waals surface area contributed by atoms with E-state index in [9.17, 15) is 9.90 Å². The molecule has 0 saturated carbocycles. The molecule has 0 radical (unpaired) electrons. The second-order valence-corrected chi connectivity index (χ2v) is 12.6. The van der Waals surface area contributed by atoms with Gasteiger partial charge in [-0.25, -0.2) is 9.79 Å². The first-order chi connectivity index (χ1) is 22.0. The second kappa shape index (κ2) is 12.1. The number of carbonyl (C=O) groups excluding carboxylic acids is 1. The van der Waals surface area contributed by atoms with Gasteiger partial charge in [-0.05, 0) is 54.4 Å². The molecule has 8 nitrogen and oxygen atoms in total. The molecule has 4 aromatic rings. The minimum absolute atomic E-state index is 0.00772. The molecule has 1 fully saturated rings. The van der Waals surface area contributed by atoms with Crippen molar-refractivity contribution in [3.05, 3.63) is 130 Å². The Morgan fingerprint density at radius 2 is 1.64 bits per heavy atom. The summed E-state index contributed by atoms with van der Waals surface area (Å²) in [5.74, 6) is 0.624. The van der Waals surface area contributed by atoms with Crippen molar-refractivity contribution < 1.29 is 19.4 Å². The highest BCUT2D eigenvalue weighted by atomic mass is 79.9. The van der Waals surface area contributed by atoms with E-state index in [1.165, 1.54) is 7.11 Å². The number of methoxy groups -OCH3 is 1. The number of fused-ring (bicyclic) bond motifs is 3. The summed E-state index contributed by atoms with van der Waals surface area (Å²) in [5, 5.41) is 18.4. The number of benzene rings is 4. The number of rotatable bonds is 7. The molecule has 10 heteroatoms. The number of hydrogen-bond acceptors (Lipinski definition) is 9. The Labute approximate surface area is 273 Å². The summed E-state index contributed by atoms with van der Waals surface area (Å²) in [6, 6.07) is 32.4. The average Bonchev–Trinajstić information content (AvgIpc) is 3.61. The number of aromatic hydroxyl groups is 1. The maximum absolute atomic E-state index is 14.0. The summed E-state index contributed by atoms with van der Waals surface area (Å²) < 4.78 is 12.2. The molecule has 226 valence electrons. The molecule has 4 aromatic carbocycles. The molecule has 45 heavy (non-hydrogen) atoms. The fourth-order valence-electron chi connectivity index (χ4n) is 6.00. The summed E-state index contributed by atoms with van der Waals surface area (Å²) in [6.45, 7) is 2.00. The smallest absolute Gasteiger partial charge is 0.338 e. The van der Waals surface area contributed by atoms with Crippen molar-refractivity contribution in [1.29, 1.82) is 0 Å². The number of para-hydroxylation sites is 1. The van der Waals surface area contributed by atoms with Crippen LogP contribution in [0.1, 0.15) is 35.7 Å². The zero-order chi connectivity index (χ0) is 31.1. The number of esters is 1. The lowest BCUT2D eigenvalue weighted by molar-refractivity contribution is -0.139. The van der Waals surface area contributed by atoms with Crippen LogP contribution in [0.5, 0.6) is 11.5 Å². The van der Waals surface area contributed by atoms with Crippen LogP contribution in [0.4, 0.5) is 5.69 Å². The number of anilines is 1. The second-order valence-electron chi connectivity index (χ2n) is 10.6. The molecule has 0 aliphatic carbocycles. The maximum Gasteiger partial charge on any atom is 0.338 e. The zero-order valence-corrected chi connectivity index (χ0v) is 26.9. The van der Waals surface area contributed by atoms with Crippen LogP contribution >= 0.6 is 27.7 Å². The van der Waals surface area contributed by atoms with Crippen LogP contribution in [0.2, 0.25) is 0 Å². The standard InChI is InChI=1S/C35H29BrN4O4S/c1-3-44-34(42)28-29(21-10-6-4-7-11-21)37-35-39(30(28)23-16-19-26(41)27(20-23)43-2)33-32(45-35)31(22-14-17-24(36)18-15-22)40(38-33)25-12-8-5-9-13-25/h4-20,30-32,41H,3H2,1-2H3. The van der Waals surface area contributed by atoms with Crippen molar-refractivity contribution in [2.24, 2.45) is 10.1 Å². The molecule has 3 heterocycles. The lowest BCUT2D eigenvalue weighted by atomic mass is 9.91. The van der Waals surface area contributed by atoms with Gasteiger partial charge in [0.1, 0.15) is 5.84 Å². The van der Waals surface area contributed by atoms with E-state index in [0.717, 1.165) is 37.9 Å². The van der Waals surface area contributed by atoms with E-state index in [0.29, 0.717) is 17.0 Å². The summed E-state index contributed by atoms with van der Waals surface area (Å²) in [7, 11) is 1.51. The van der Waals surface area contributed by atoms with E-state index in [1.807, 2.05) is 78.9 Å². The summed E-state index contributed by atoms with van der Waals surface area (Å²) in [6.07, 6.45) is 0. The van der Waals surface area contributed by atoms with Gasteiger partial charge in [-0.2, -0.15) is 5.10 Å². The Bertz CT molecular complexity index is 1850. The number of carbonyl (C=O) groups is 1. The van der Waals surface area contributed by atoms with Crippen LogP contribution in [-0.4, -0.2) is 45.9 Å². The SMILES string of the molecule is CCOC(=O)C1=C(c2ccccc2)N=C2SC3C(=NN(c4ccccc4)C3c3ccc(Br)cc3)N2C1c1ccc(O)c(OC)c1. The van der Waals surface area contributed by atoms with Crippen molar-refractivity contribution in [1.82, 2.24) is 4.90 Å². The van der Waals surface area contributed by atoms with Gasteiger partial charge in [-0.3, -0.25) is 9.91 Å². The molecule has 7 rings (SSSR count). The zero-order valence-electron chi connectivity index (χ0n) is 24.5. The minimum atomic E-state index is -0.654. The molecule has 0 amide bonds. The first-order valence-corrected chi connectivity index (χ1v) is 16.2. The number of halogens is 1. The van der Waals surface area contributed by atoms with Crippen molar-refractivity contribution in [3.8, 4) is 11.5 Å². The number of phenols is 1. The third kappa shape index (κ3) is 5.17. The highest BCUT2D eigenvalue weighted by molar-refractivity contribution is 9.10. The number of nitrogens with zero attached hydrogens (tertiary/aromatic N) is 4. The number of amidine groups is 2. The molecule has 3 aliphatic heterocycles. The normalized spacial score (nSPS) is 20.4. The number of aliphatic imine (C=N–C) groups is 1. The van der Waals surface area contributed by atoms with Crippen LogP contribution in [0.3, 0.4) is 0 Å². The number of thioether (sulfide) groups is 1. The van der Waals surface area contributed by atoms with Crippen molar-refractivity contribution >= 4 is 56.0 Å². The third-order valence-electron chi connectivity index (χ3n) is 7.99. The van der Waals surface area contributed by atoms with E-state index < -0.39 is 12.0 Å². The fraction of sp³-hybridized carbons (Fsp3) is 0.171. The number of phenolic OH excluding ortho intramolecular Hbond substituents is 1. The molecule has 0 aromatic heterocycles. The largest absolute Gasteiger partial charge is 0.504 e. The van der Waals surface area contributed by atoms with Crippen molar-refractivity contribution in [2.75, 3.05) is 18.7 Å². The highest BCUT2D eigenvalue weighted by Gasteiger charge is 2.54. The lowest BCUT2D eigenvalue weighted by Crippen LogP contribution is -2.40. The predicted octanol–water partition coefficient (Wildman–Crippen LogP) is 7.54. The predicted molar refractivity (Wildman–Crippen MR) is 181 cm³/mol. The number of hydrogen-bond donors (Lipinski definition) is 1. The van der Waals surface area contributed by atoms with E-state index in [-0.39, 0.29) is 23.6 Å². The summed E-state index contributed by atoms with van der Waals surface area (Å²) in [5.41, 5.74) is 4.53. The summed E-state index contributed by atoms with van der Waals surface area (Å²) in [4.78, 5) is 21.2. The van der Waals surface area contributed by atoms with E-state index in [1.54, 1.807) is 30.8 Å². The number of hydrazone groups is 1. The van der Waals surface area contributed by atoms with E-state index >= 15 is 0 Å². The van der Waals surface area contributed by atoms with Gasteiger partial charge >= 0.3 is 5.97 Å². The molecule has 0 spiro atoms. The third-order valence-corrected chi connectivity index (χ3v) is 9.74. The summed E-state index contributed by atoms with van der Waals surface area (Å²) >= 11 is 5.21. The molecule has 1 saturated heterocycles. The van der Waals surface area contributed by atoms with Gasteiger partial charge in [-0.1, -0.05) is 94.4 Å². The van der Waals surface area contributed by atoms with Crippen LogP contribution < -0.4 is 9.75 Å². The van der Waals surface area contributed by atoms with Gasteiger partial charge in [0.25, 0.3) is 0 Å². The molecule has 0 bridgehead atoms. The molecule has 1 N–H and O–H groups in total. The fourth-order valence-corrected chi connectivity index (χ4v) is 7.61. The Hall–Kier alpha value is -4.54. The van der Waals surface area contributed by atoms with Crippen LogP contribution in [0.25, 0.3) is 5.70 Å². The maximum atomic E-state index is 14.0. The van der Waals surface area contributed by atoms with Gasteiger partial charge in [0, 0.05) is 10.0 Å². The monoisotopic (exact) mass is 680 g/mol. The van der Waals surface area contributed by atoms with Gasteiger partial charge in [0.05, 0.1) is 48.0 Å². The van der Waals surface area contributed by atoms with Crippen LogP contribution in [-0.2, 0) is 9.53 Å². The minimum Gasteiger partial charge on any atom is -0.504 e. The molecular formula is C35H29BrN4O4S. The first-order valence-electron chi connectivity index (χ1n) is 14.5.